The number of nitrogens with one attached hydrogen (secondary N) is 1. The minimum Gasteiger partial charge on any atom is -0.312 e. The smallest absolute Gasteiger partial charge is 0.263 e. The number of benzene rings is 1. The van der Waals surface area contributed by atoms with Crippen LogP contribution in [0.25, 0.3) is 0 Å². The van der Waals surface area contributed by atoms with Crippen LogP contribution in [0.4, 0.5) is 8.78 Å². The van der Waals surface area contributed by atoms with Gasteiger partial charge in [-0.15, -0.1) is 0 Å². The van der Waals surface area contributed by atoms with Crippen LogP contribution in [0.3, 0.4) is 0 Å². The summed E-state index contributed by atoms with van der Waals surface area (Å²) in [5.74, 6) is 0.805. The highest BCUT2D eigenvalue weighted by Gasteiger charge is 2.12. The first-order chi connectivity index (χ1) is 8.75. The van der Waals surface area contributed by atoms with Crippen molar-refractivity contribution in [3.05, 3.63) is 35.4 Å². The third-order valence-corrected chi connectivity index (χ3v) is 3.72. The van der Waals surface area contributed by atoms with Crippen molar-refractivity contribution in [1.29, 1.82) is 0 Å². The van der Waals surface area contributed by atoms with Crippen molar-refractivity contribution in [2.75, 3.05) is 6.54 Å². The summed E-state index contributed by atoms with van der Waals surface area (Å²) in [4.78, 5) is 0. The predicted octanol–water partition coefficient (Wildman–Crippen LogP) is 4.29. The molecule has 100 valence electrons. The van der Waals surface area contributed by atoms with E-state index in [1.54, 1.807) is 12.1 Å². The summed E-state index contributed by atoms with van der Waals surface area (Å²) >= 11 is 0. The van der Waals surface area contributed by atoms with Gasteiger partial charge in [0.1, 0.15) is 0 Å². The number of hydrogen-bond acceptors (Lipinski definition) is 1. The Hall–Kier alpha value is -0.960. The average Bonchev–Trinajstić information content (AvgIpc) is 2.40. The van der Waals surface area contributed by atoms with Crippen molar-refractivity contribution in [2.24, 2.45) is 5.92 Å². The number of hydrogen-bond donors (Lipinski definition) is 1. The Morgan fingerprint density at radius 1 is 1.06 bits per heavy atom. The Bertz CT molecular complexity index is 342. The molecule has 0 aromatic heterocycles. The lowest BCUT2D eigenvalue weighted by atomic mass is 9.89. The topological polar surface area (TPSA) is 12.0 Å². The summed E-state index contributed by atoms with van der Waals surface area (Å²) in [6.45, 7) is 1.83. The van der Waals surface area contributed by atoms with Crippen LogP contribution in [0.2, 0.25) is 0 Å². The summed E-state index contributed by atoms with van der Waals surface area (Å²) in [6.07, 6.45) is 4.39. The molecule has 18 heavy (non-hydrogen) atoms. The second kappa shape index (κ2) is 6.83. The zero-order chi connectivity index (χ0) is 12.8. The second-order valence-electron chi connectivity index (χ2n) is 5.18. The van der Waals surface area contributed by atoms with E-state index in [1.165, 1.54) is 44.2 Å². The summed E-state index contributed by atoms with van der Waals surface area (Å²) in [5, 5.41) is 3.43. The van der Waals surface area contributed by atoms with Crippen molar-refractivity contribution in [3.63, 3.8) is 0 Å². The van der Waals surface area contributed by atoms with Crippen molar-refractivity contribution < 1.29 is 8.78 Å². The normalized spacial score (nSPS) is 17.3. The van der Waals surface area contributed by atoms with Crippen LogP contribution < -0.4 is 5.32 Å². The highest BCUT2D eigenvalue weighted by atomic mass is 19.3. The van der Waals surface area contributed by atoms with Crippen LogP contribution in [0, 0.1) is 5.92 Å². The van der Waals surface area contributed by atoms with Gasteiger partial charge in [-0.05, 0) is 30.9 Å². The van der Waals surface area contributed by atoms with Crippen LogP contribution in [-0.4, -0.2) is 6.54 Å². The van der Waals surface area contributed by atoms with Gasteiger partial charge in [-0.25, -0.2) is 8.78 Å². The Morgan fingerprint density at radius 2 is 1.72 bits per heavy atom. The highest BCUT2D eigenvalue weighted by Crippen LogP contribution is 2.23. The molecule has 1 fully saturated rings. The third kappa shape index (κ3) is 4.05. The first-order valence-electron chi connectivity index (χ1n) is 6.83. The maximum atomic E-state index is 12.4. The zero-order valence-electron chi connectivity index (χ0n) is 10.7. The molecular formula is C15H21F2N. The van der Waals surface area contributed by atoms with Gasteiger partial charge in [0.05, 0.1) is 0 Å². The number of rotatable bonds is 5. The van der Waals surface area contributed by atoms with Crippen molar-refractivity contribution >= 4 is 0 Å². The van der Waals surface area contributed by atoms with E-state index < -0.39 is 6.43 Å². The van der Waals surface area contributed by atoms with Gasteiger partial charge in [-0.1, -0.05) is 43.5 Å². The third-order valence-electron chi connectivity index (χ3n) is 3.72. The van der Waals surface area contributed by atoms with Crippen LogP contribution in [0.5, 0.6) is 0 Å². The van der Waals surface area contributed by atoms with E-state index in [0.717, 1.165) is 24.6 Å². The molecule has 0 radical (unpaired) electrons. The van der Waals surface area contributed by atoms with E-state index in [1.807, 2.05) is 0 Å². The summed E-state index contributed by atoms with van der Waals surface area (Å²) < 4.78 is 24.8. The van der Waals surface area contributed by atoms with Crippen molar-refractivity contribution in [2.45, 2.75) is 45.1 Å². The molecule has 0 amide bonds. The van der Waals surface area contributed by atoms with Gasteiger partial charge < -0.3 is 5.32 Å². The Morgan fingerprint density at radius 3 is 2.33 bits per heavy atom. The Kier molecular flexibility index (Phi) is 5.12. The summed E-state index contributed by atoms with van der Waals surface area (Å²) in [5.41, 5.74) is 1.18. The molecule has 1 N–H and O–H groups in total. The Labute approximate surface area is 108 Å². The van der Waals surface area contributed by atoms with E-state index in [0.29, 0.717) is 0 Å². The second-order valence-corrected chi connectivity index (χ2v) is 5.18. The molecule has 1 aromatic rings. The molecule has 0 heterocycles. The minimum absolute atomic E-state index is 0.103. The fourth-order valence-electron chi connectivity index (χ4n) is 2.59. The SMILES string of the molecule is FC(F)c1ccc(CNCC2CCCCC2)cc1. The van der Waals surface area contributed by atoms with Gasteiger partial charge >= 0.3 is 0 Å². The van der Waals surface area contributed by atoms with Crippen LogP contribution in [0.15, 0.2) is 24.3 Å². The van der Waals surface area contributed by atoms with Crippen LogP contribution in [0.1, 0.15) is 49.7 Å². The first-order valence-corrected chi connectivity index (χ1v) is 6.83. The molecule has 1 aliphatic carbocycles. The zero-order valence-corrected chi connectivity index (χ0v) is 10.7. The molecule has 1 aromatic carbocycles. The lowest BCUT2D eigenvalue weighted by Crippen LogP contribution is -2.24. The molecule has 0 saturated heterocycles. The average molecular weight is 253 g/mol. The largest absolute Gasteiger partial charge is 0.312 e. The lowest BCUT2D eigenvalue weighted by molar-refractivity contribution is 0.151. The molecular weight excluding hydrogens is 232 g/mol. The molecule has 0 spiro atoms. The lowest BCUT2D eigenvalue weighted by Gasteiger charge is -2.21. The molecule has 0 bridgehead atoms. The summed E-state index contributed by atoms with van der Waals surface area (Å²) in [7, 11) is 0. The summed E-state index contributed by atoms with van der Waals surface area (Å²) in [6, 6.07) is 6.61. The van der Waals surface area contributed by atoms with Crippen LogP contribution in [-0.2, 0) is 6.54 Å². The molecule has 1 saturated carbocycles. The quantitative estimate of drug-likeness (QED) is 0.825. The first kappa shape index (κ1) is 13.5. The van der Waals surface area contributed by atoms with Gasteiger partial charge in [0.25, 0.3) is 6.43 Å². The van der Waals surface area contributed by atoms with Gasteiger partial charge in [-0.2, -0.15) is 0 Å². The van der Waals surface area contributed by atoms with Crippen molar-refractivity contribution in [1.82, 2.24) is 5.32 Å². The standard InChI is InChI=1S/C15H21F2N/c16-15(17)14-8-6-13(7-9-14)11-18-10-12-4-2-1-3-5-12/h6-9,12,15,18H,1-5,10-11H2. The van der Waals surface area contributed by atoms with Gasteiger partial charge in [0, 0.05) is 12.1 Å². The Balaban J connectivity index is 1.72. The minimum atomic E-state index is -2.37. The van der Waals surface area contributed by atoms with E-state index >= 15 is 0 Å². The van der Waals surface area contributed by atoms with Crippen molar-refractivity contribution in [3.8, 4) is 0 Å². The predicted molar refractivity (Wildman–Crippen MR) is 69.7 cm³/mol. The highest BCUT2D eigenvalue weighted by molar-refractivity contribution is 5.23. The molecule has 2 rings (SSSR count). The molecule has 1 nitrogen and oxygen atoms in total. The maximum Gasteiger partial charge on any atom is 0.263 e. The van der Waals surface area contributed by atoms with E-state index in [-0.39, 0.29) is 5.56 Å². The van der Waals surface area contributed by atoms with E-state index in [4.69, 9.17) is 0 Å². The number of halogens is 2. The van der Waals surface area contributed by atoms with Gasteiger partial charge in [0.15, 0.2) is 0 Å². The monoisotopic (exact) mass is 253 g/mol. The molecule has 1 aliphatic rings. The van der Waals surface area contributed by atoms with Crippen LogP contribution >= 0.6 is 0 Å². The fraction of sp³-hybridized carbons (Fsp3) is 0.600. The fourth-order valence-corrected chi connectivity index (χ4v) is 2.59. The molecule has 0 aliphatic heterocycles. The van der Waals surface area contributed by atoms with Gasteiger partial charge in [0.2, 0.25) is 0 Å². The van der Waals surface area contributed by atoms with E-state index in [2.05, 4.69) is 5.32 Å². The van der Waals surface area contributed by atoms with E-state index in [9.17, 15) is 8.78 Å². The molecule has 0 atom stereocenters. The number of alkyl halides is 2. The molecule has 3 heteroatoms. The maximum absolute atomic E-state index is 12.4. The van der Waals surface area contributed by atoms with Gasteiger partial charge in [-0.3, -0.25) is 0 Å². The molecule has 0 unspecified atom stereocenters.